The lowest BCUT2D eigenvalue weighted by Gasteiger charge is -2.19. The molecule has 1 aromatic rings. The van der Waals surface area contributed by atoms with Gasteiger partial charge in [-0.2, -0.15) is 0 Å². The van der Waals surface area contributed by atoms with Crippen LogP contribution in [-0.2, 0) is 20.7 Å². The van der Waals surface area contributed by atoms with E-state index in [0.29, 0.717) is 12.8 Å². The molecule has 0 aliphatic rings. The van der Waals surface area contributed by atoms with Crippen molar-refractivity contribution in [1.29, 1.82) is 0 Å². The largest absolute Gasteiger partial charge is 0.467 e. The third-order valence-corrected chi connectivity index (χ3v) is 3.32. The minimum Gasteiger partial charge on any atom is -0.467 e. The third-order valence-electron chi connectivity index (χ3n) is 3.32. The number of methoxy groups -OCH3 is 1. The number of rotatable bonds is 6. The first-order valence-corrected chi connectivity index (χ1v) is 6.87. The van der Waals surface area contributed by atoms with E-state index in [-0.39, 0.29) is 11.8 Å². The summed E-state index contributed by atoms with van der Waals surface area (Å²) < 4.78 is 4.70. The maximum atomic E-state index is 11.9. The van der Waals surface area contributed by atoms with Crippen molar-refractivity contribution in [3.05, 3.63) is 35.4 Å². The first-order valence-electron chi connectivity index (χ1n) is 6.87. The quantitative estimate of drug-likeness (QED) is 0.811. The third kappa shape index (κ3) is 4.68. The van der Waals surface area contributed by atoms with Crippen LogP contribution in [0.3, 0.4) is 0 Å². The zero-order valence-electron chi connectivity index (χ0n) is 12.6. The van der Waals surface area contributed by atoms with Crippen LogP contribution in [0.1, 0.15) is 31.4 Å². The smallest absolute Gasteiger partial charge is 0.328 e. The second kappa shape index (κ2) is 7.68. The highest BCUT2D eigenvalue weighted by molar-refractivity contribution is 5.84. The first kappa shape index (κ1) is 16.2. The summed E-state index contributed by atoms with van der Waals surface area (Å²) in [5.74, 6) is -0.522. The average Bonchev–Trinajstić information content (AvgIpc) is 2.42. The number of carbonyl (C=O) groups is 2. The summed E-state index contributed by atoms with van der Waals surface area (Å²) in [6.07, 6.45) is 1.04. The molecule has 110 valence electrons. The van der Waals surface area contributed by atoms with E-state index < -0.39 is 12.0 Å². The monoisotopic (exact) mass is 277 g/mol. The molecule has 0 aliphatic heterocycles. The molecule has 0 heterocycles. The number of benzene rings is 1. The van der Waals surface area contributed by atoms with Crippen LogP contribution in [0, 0.1) is 12.8 Å². The van der Waals surface area contributed by atoms with Crippen molar-refractivity contribution in [2.75, 3.05) is 7.11 Å². The Bertz CT molecular complexity index is 469. The SMILES string of the molecule is COC(=O)C(NC(=O)CCc1ccccc1C)C(C)C. The number of carbonyl (C=O) groups excluding carboxylic acids is 2. The lowest BCUT2D eigenvalue weighted by atomic mass is 10.0. The van der Waals surface area contributed by atoms with Crippen LogP contribution in [0.25, 0.3) is 0 Å². The molecule has 1 atom stereocenters. The molecule has 1 aromatic carbocycles. The summed E-state index contributed by atoms with van der Waals surface area (Å²) >= 11 is 0. The van der Waals surface area contributed by atoms with E-state index in [4.69, 9.17) is 4.74 Å². The number of amides is 1. The molecule has 1 unspecified atom stereocenters. The second-order valence-electron chi connectivity index (χ2n) is 5.24. The average molecular weight is 277 g/mol. The van der Waals surface area contributed by atoms with E-state index >= 15 is 0 Å². The zero-order valence-corrected chi connectivity index (χ0v) is 12.6. The van der Waals surface area contributed by atoms with Crippen molar-refractivity contribution in [1.82, 2.24) is 5.32 Å². The number of hydrogen-bond donors (Lipinski definition) is 1. The summed E-state index contributed by atoms with van der Waals surface area (Å²) in [6, 6.07) is 7.40. The van der Waals surface area contributed by atoms with E-state index in [9.17, 15) is 9.59 Å². The van der Waals surface area contributed by atoms with E-state index in [2.05, 4.69) is 5.32 Å². The van der Waals surface area contributed by atoms with E-state index in [1.54, 1.807) is 0 Å². The van der Waals surface area contributed by atoms with Gasteiger partial charge in [0.05, 0.1) is 7.11 Å². The minimum atomic E-state index is -0.579. The van der Waals surface area contributed by atoms with Gasteiger partial charge in [0, 0.05) is 6.42 Å². The van der Waals surface area contributed by atoms with Crippen LogP contribution >= 0.6 is 0 Å². The van der Waals surface area contributed by atoms with Gasteiger partial charge in [-0.3, -0.25) is 4.79 Å². The fraction of sp³-hybridized carbons (Fsp3) is 0.500. The molecule has 0 aromatic heterocycles. The Kier molecular flexibility index (Phi) is 6.22. The summed E-state index contributed by atoms with van der Waals surface area (Å²) in [7, 11) is 1.33. The molecule has 0 fully saturated rings. The van der Waals surface area contributed by atoms with Gasteiger partial charge in [-0.25, -0.2) is 4.79 Å². The molecule has 4 heteroatoms. The molecule has 4 nitrogen and oxygen atoms in total. The molecule has 1 rings (SSSR count). The van der Waals surface area contributed by atoms with Gasteiger partial charge in [-0.1, -0.05) is 38.1 Å². The molecule has 0 bridgehead atoms. The topological polar surface area (TPSA) is 55.4 Å². The lowest BCUT2D eigenvalue weighted by Crippen LogP contribution is -2.45. The van der Waals surface area contributed by atoms with Gasteiger partial charge in [-0.05, 0) is 30.4 Å². The standard InChI is InChI=1S/C16H23NO3/c1-11(2)15(16(19)20-4)17-14(18)10-9-13-8-6-5-7-12(13)3/h5-8,11,15H,9-10H2,1-4H3,(H,17,18). The maximum absolute atomic E-state index is 11.9. The first-order chi connectivity index (χ1) is 9.45. The van der Waals surface area contributed by atoms with Crippen LogP contribution in [0.2, 0.25) is 0 Å². The van der Waals surface area contributed by atoms with Crippen LogP contribution in [0.4, 0.5) is 0 Å². The van der Waals surface area contributed by atoms with Crippen molar-refractivity contribution >= 4 is 11.9 Å². The molecule has 1 amide bonds. The zero-order chi connectivity index (χ0) is 15.1. The van der Waals surface area contributed by atoms with Gasteiger partial charge < -0.3 is 10.1 Å². The number of hydrogen-bond acceptors (Lipinski definition) is 3. The normalized spacial score (nSPS) is 12.1. The highest BCUT2D eigenvalue weighted by Gasteiger charge is 2.24. The molecule has 20 heavy (non-hydrogen) atoms. The molecule has 1 N–H and O–H groups in total. The molecule has 0 saturated heterocycles. The predicted octanol–water partition coefficient (Wildman–Crippen LogP) is 2.24. The molecule has 0 aliphatic carbocycles. The molecular formula is C16H23NO3. The van der Waals surface area contributed by atoms with Gasteiger partial charge in [0.2, 0.25) is 5.91 Å². The van der Waals surface area contributed by atoms with Crippen molar-refractivity contribution in [2.24, 2.45) is 5.92 Å². The van der Waals surface area contributed by atoms with Crippen LogP contribution in [0.5, 0.6) is 0 Å². The summed E-state index contributed by atoms with van der Waals surface area (Å²) in [5.41, 5.74) is 2.33. The van der Waals surface area contributed by atoms with Gasteiger partial charge in [-0.15, -0.1) is 0 Å². The van der Waals surface area contributed by atoms with Crippen molar-refractivity contribution in [3.63, 3.8) is 0 Å². The van der Waals surface area contributed by atoms with Gasteiger partial charge in [0.25, 0.3) is 0 Å². The molecule has 0 saturated carbocycles. The Balaban J connectivity index is 2.55. The van der Waals surface area contributed by atoms with Crippen LogP contribution in [-0.4, -0.2) is 25.0 Å². The van der Waals surface area contributed by atoms with Gasteiger partial charge in [0.1, 0.15) is 6.04 Å². The van der Waals surface area contributed by atoms with E-state index in [1.807, 2.05) is 45.0 Å². The summed E-state index contributed by atoms with van der Waals surface area (Å²) in [5, 5.41) is 2.74. The van der Waals surface area contributed by atoms with Crippen molar-refractivity contribution in [2.45, 2.75) is 39.7 Å². The summed E-state index contributed by atoms with van der Waals surface area (Å²) in [6.45, 7) is 5.78. The highest BCUT2D eigenvalue weighted by atomic mass is 16.5. The van der Waals surface area contributed by atoms with Crippen LogP contribution < -0.4 is 5.32 Å². The Morgan fingerprint density at radius 2 is 1.90 bits per heavy atom. The lowest BCUT2D eigenvalue weighted by molar-refractivity contribution is -0.146. The predicted molar refractivity (Wildman–Crippen MR) is 78.3 cm³/mol. The minimum absolute atomic E-state index is 0.00450. The number of aryl methyl sites for hydroxylation is 2. The van der Waals surface area contributed by atoms with Gasteiger partial charge >= 0.3 is 5.97 Å². The molecule has 0 radical (unpaired) electrons. The Morgan fingerprint density at radius 1 is 1.25 bits per heavy atom. The number of ether oxygens (including phenoxy) is 1. The Hall–Kier alpha value is -1.84. The Morgan fingerprint density at radius 3 is 2.45 bits per heavy atom. The van der Waals surface area contributed by atoms with Crippen LogP contribution in [0.15, 0.2) is 24.3 Å². The number of nitrogens with one attached hydrogen (secondary N) is 1. The maximum Gasteiger partial charge on any atom is 0.328 e. The van der Waals surface area contributed by atoms with Crippen molar-refractivity contribution < 1.29 is 14.3 Å². The van der Waals surface area contributed by atoms with Gasteiger partial charge in [0.15, 0.2) is 0 Å². The van der Waals surface area contributed by atoms with E-state index in [1.165, 1.54) is 12.7 Å². The number of esters is 1. The highest BCUT2D eigenvalue weighted by Crippen LogP contribution is 2.10. The Labute approximate surface area is 120 Å². The fourth-order valence-electron chi connectivity index (χ4n) is 2.01. The second-order valence-corrected chi connectivity index (χ2v) is 5.24. The fourth-order valence-corrected chi connectivity index (χ4v) is 2.01. The van der Waals surface area contributed by atoms with Crippen molar-refractivity contribution in [3.8, 4) is 0 Å². The summed E-state index contributed by atoms with van der Waals surface area (Å²) in [4.78, 5) is 23.5. The van der Waals surface area contributed by atoms with E-state index in [0.717, 1.165) is 5.56 Å². The molecular weight excluding hydrogens is 254 g/mol. The molecule has 0 spiro atoms.